The predicted molar refractivity (Wildman–Crippen MR) is 116 cm³/mol. The highest BCUT2D eigenvalue weighted by atomic mass is 32.1. The van der Waals surface area contributed by atoms with E-state index in [0.717, 1.165) is 18.4 Å². The molecule has 0 unspecified atom stereocenters. The first kappa shape index (κ1) is 22.3. The molecule has 2 heterocycles. The van der Waals surface area contributed by atoms with Crippen molar-refractivity contribution in [2.24, 2.45) is 5.92 Å². The number of carbonyl (C=O) groups is 2. The lowest BCUT2D eigenvalue weighted by atomic mass is 10.00. The number of nitrogens with zero attached hydrogens (tertiary/aromatic N) is 2. The van der Waals surface area contributed by atoms with Crippen molar-refractivity contribution in [3.63, 3.8) is 0 Å². The number of halogens is 1. The van der Waals surface area contributed by atoms with Crippen LogP contribution >= 0.6 is 11.3 Å². The zero-order chi connectivity index (χ0) is 21.7. The maximum atomic E-state index is 13.2. The molecule has 0 fully saturated rings. The highest BCUT2D eigenvalue weighted by Gasteiger charge is 2.33. The van der Waals surface area contributed by atoms with Crippen LogP contribution in [-0.2, 0) is 16.0 Å². The summed E-state index contributed by atoms with van der Waals surface area (Å²) in [7, 11) is 0. The van der Waals surface area contributed by atoms with E-state index >= 15 is 0 Å². The molecule has 1 aromatic carbocycles. The molecule has 1 atom stereocenters. The van der Waals surface area contributed by atoms with Gasteiger partial charge in [-0.2, -0.15) is 0 Å². The van der Waals surface area contributed by atoms with Gasteiger partial charge in [-0.15, -0.1) is 11.3 Å². The SMILES string of the molecule is CCCN(CC(=O)N1CCc2sccc2[C@H]1COc1ccc(F)cc1)C(=O)C(C)C. The third-order valence-corrected chi connectivity index (χ3v) is 6.26. The molecule has 2 amide bonds. The van der Waals surface area contributed by atoms with Crippen molar-refractivity contribution in [2.75, 3.05) is 26.2 Å². The molecule has 162 valence electrons. The van der Waals surface area contributed by atoms with E-state index in [4.69, 9.17) is 4.74 Å². The molecule has 0 saturated heterocycles. The normalized spacial score (nSPS) is 15.8. The molecule has 0 spiro atoms. The van der Waals surface area contributed by atoms with Crippen molar-refractivity contribution in [1.29, 1.82) is 0 Å². The number of hydrogen-bond donors (Lipinski definition) is 0. The Morgan fingerprint density at radius 2 is 2.00 bits per heavy atom. The van der Waals surface area contributed by atoms with Crippen LogP contribution in [0.2, 0.25) is 0 Å². The van der Waals surface area contributed by atoms with Crippen LogP contribution in [0.3, 0.4) is 0 Å². The summed E-state index contributed by atoms with van der Waals surface area (Å²) in [5.74, 6) is 0.0304. The Bertz CT molecular complexity index is 866. The van der Waals surface area contributed by atoms with Crippen LogP contribution in [0, 0.1) is 11.7 Å². The number of carbonyl (C=O) groups excluding carboxylic acids is 2. The number of amides is 2. The number of hydrogen-bond acceptors (Lipinski definition) is 4. The molecule has 5 nitrogen and oxygen atoms in total. The van der Waals surface area contributed by atoms with Gasteiger partial charge in [0.05, 0.1) is 12.6 Å². The molecule has 30 heavy (non-hydrogen) atoms. The number of rotatable bonds is 8. The van der Waals surface area contributed by atoms with Crippen molar-refractivity contribution in [3.8, 4) is 5.75 Å². The second-order valence-electron chi connectivity index (χ2n) is 7.83. The molecule has 0 radical (unpaired) electrons. The van der Waals surface area contributed by atoms with Crippen LogP contribution in [0.5, 0.6) is 5.75 Å². The van der Waals surface area contributed by atoms with Gasteiger partial charge < -0.3 is 14.5 Å². The van der Waals surface area contributed by atoms with Crippen LogP contribution in [0.15, 0.2) is 35.7 Å². The van der Waals surface area contributed by atoms with E-state index in [9.17, 15) is 14.0 Å². The molecule has 0 bridgehead atoms. The van der Waals surface area contributed by atoms with E-state index in [-0.39, 0.29) is 42.7 Å². The van der Waals surface area contributed by atoms with Crippen molar-refractivity contribution in [3.05, 3.63) is 52.0 Å². The average Bonchev–Trinajstić information content (AvgIpc) is 3.21. The second kappa shape index (κ2) is 10.1. The van der Waals surface area contributed by atoms with E-state index in [1.54, 1.807) is 28.4 Å². The predicted octanol–water partition coefficient (Wildman–Crippen LogP) is 4.29. The minimum atomic E-state index is -0.317. The lowest BCUT2D eigenvalue weighted by Crippen LogP contribution is -2.48. The Balaban J connectivity index is 1.76. The van der Waals surface area contributed by atoms with Gasteiger partial charge >= 0.3 is 0 Å². The molecule has 2 aromatic rings. The Hall–Kier alpha value is -2.41. The van der Waals surface area contributed by atoms with Crippen LogP contribution in [0.25, 0.3) is 0 Å². The summed E-state index contributed by atoms with van der Waals surface area (Å²) in [5, 5.41) is 2.04. The third-order valence-electron chi connectivity index (χ3n) is 5.26. The second-order valence-corrected chi connectivity index (χ2v) is 8.83. The molecule has 1 aromatic heterocycles. The average molecular weight is 433 g/mol. The third kappa shape index (κ3) is 5.19. The Kier molecular flexibility index (Phi) is 7.48. The summed E-state index contributed by atoms with van der Waals surface area (Å²) in [6, 6.07) is 7.70. The molecular formula is C23H29FN2O3S. The summed E-state index contributed by atoms with van der Waals surface area (Å²) in [5.41, 5.74) is 1.10. The minimum absolute atomic E-state index is 0.00227. The Morgan fingerprint density at radius 1 is 1.27 bits per heavy atom. The highest BCUT2D eigenvalue weighted by Crippen LogP contribution is 2.34. The van der Waals surface area contributed by atoms with Gasteiger partial charge in [0.25, 0.3) is 0 Å². The maximum Gasteiger partial charge on any atom is 0.242 e. The zero-order valence-electron chi connectivity index (χ0n) is 17.8. The smallest absolute Gasteiger partial charge is 0.242 e. The molecule has 0 N–H and O–H groups in total. The van der Waals surface area contributed by atoms with Gasteiger partial charge in [0.2, 0.25) is 11.8 Å². The standard InChI is InChI=1S/C23H29FN2O3S/c1-4-11-25(23(28)16(2)3)14-22(27)26-12-9-21-19(10-13-30-21)20(26)15-29-18-7-5-17(24)6-8-18/h5-8,10,13,16,20H,4,9,11-12,14-15H2,1-3H3/t20-/m1/s1. The quantitative estimate of drug-likeness (QED) is 0.625. The van der Waals surface area contributed by atoms with E-state index in [1.807, 2.05) is 37.1 Å². The zero-order valence-corrected chi connectivity index (χ0v) is 18.6. The van der Waals surface area contributed by atoms with Crippen LogP contribution in [-0.4, -0.2) is 47.9 Å². The number of benzene rings is 1. The Morgan fingerprint density at radius 3 is 2.67 bits per heavy atom. The van der Waals surface area contributed by atoms with E-state index in [2.05, 4.69) is 0 Å². The van der Waals surface area contributed by atoms with Crippen LogP contribution < -0.4 is 4.74 Å². The van der Waals surface area contributed by atoms with Gasteiger partial charge in [-0.3, -0.25) is 9.59 Å². The monoisotopic (exact) mass is 432 g/mol. The first-order valence-electron chi connectivity index (χ1n) is 10.4. The van der Waals surface area contributed by atoms with Crippen LogP contribution in [0.1, 0.15) is 43.7 Å². The largest absolute Gasteiger partial charge is 0.491 e. The molecule has 7 heteroatoms. The summed E-state index contributed by atoms with van der Waals surface area (Å²) >= 11 is 1.69. The minimum Gasteiger partial charge on any atom is -0.491 e. The van der Waals surface area contributed by atoms with Crippen molar-refractivity contribution in [1.82, 2.24) is 9.80 Å². The fourth-order valence-corrected chi connectivity index (χ4v) is 4.67. The van der Waals surface area contributed by atoms with Crippen molar-refractivity contribution >= 4 is 23.2 Å². The van der Waals surface area contributed by atoms with E-state index < -0.39 is 0 Å². The number of fused-ring (bicyclic) bond motifs is 1. The molecule has 3 rings (SSSR count). The maximum absolute atomic E-state index is 13.2. The molecule has 0 aliphatic carbocycles. The Labute approximate surface area is 181 Å². The fraction of sp³-hybridized carbons (Fsp3) is 0.478. The van der Waals surface area contributed by atoms with E-state index in [0.29, 0.717) is 18.8 Å². The van der Waals surface area contributed by atoms with Gasteiger partial charge in [0.1, 0.15) is 18.2 Å². The van der Waals surface area contributed by atoms with E-state index in [1.165, 1.54) is 17.0 Å². The molecule has 1 aliphatic rings. The molecule has 1 aliphatic heterocycles. The number of ether oxygens (including phenoxy) is 1. The topological polar surface area (TPSA) is 49.9 Å². The van der Waals surface area contributed by atoms with Gasteiger partial charge in [-0.25, -0.2) is 4.39 Å². The lowest BCUT2D eigenvalue weighted by molar-refractivity contribution is -0.144. The van der Waals surface area contributed by atoms with Crippen molar-refractivity contribution < 1.29 is 18.7 Å². The molecular weight excluding hydrogens is 403 g/mol. The van der Waals surface area contributed by atoms with Crippen molar-refractivity contribution in [2.45, 2.75) is 39.7 Å². The van der Waals surface area contributed by atoms with Gasteiger partial charge in [-0.1, -0.05) is 20.8 Å². The summed E-state index contributed by atoms with van der Waals surface area (Å²) < 4.78 is 19.1. The lowest BCUT2D eigenvalue weighted by Gasteiger charge is -2.37. The summed E-state index contributed by atoms with van der Waals surface area (Å²) in [6.45, 7) is 7.24. The first-order valence-corrected chi connectivity index (χ1v) is 11.3. The summed E-state index contributed by atoms with van der Waals surface area (Å²) in [6.07, 6.45) is 1.61. The summed E-state index contributed by atoms with van der Waals surface area (Å²) in [4.78, 5) is 30.5. The fourth-order valence-electron chi connectivity index (χ4n) is 3.74. The first-order chi connectivity index (χ1) is 14.4. The van der Waals surface area contributed by atoms with Crippen LogP contribution in [0.4, 0.5) is 4.39 Å². The molecule has 0 saturated carbocycles. The van der Waals surface area contributed by atoms with Gasteiger partial charge in [-0.05, 0) is 54.1 Å². The number of thiophene rings is 1. The van der Waals surface area contributed by atoms with Gasteiger partial charge in [0, 0.05) is 23.9 Å². The highest BCUT2D eigenvalue weighted by molar-refractivity contribution is 7.10. The van der Waals surface area contributed by atoms with Gasteiger partial charge in [0.15, 0.2) is 0 Å².